The highest BCUT2D eigenvalue weighted by molar-refractivity contribution is 7.15. The molecule has 0 bridgehead atoms. The maximum absolute atomic E-state index is 13.4. The molecular formula is C28H25FN2O3S. The van der Waals surface area contributed by atoms with Gasteiger partial charge in [-0.25, -0.2) is 9.18 Å². The first-order valence-electron chi connectivity index (χ1n) is 11.1. The number of rotatable bonds is 9. The number of amides is 1. The zero-order valence-corrected chi connectivity index (χ0v) is 20.1. The van der Waals surface area contributed by atoms with Crippen LogP contribution in [-0.2, 0) is 22.6 Å². The van der Waals surface area contributed by atoms with E-state index in [9.17, 15) is 14.0 Å². The van der Waals surface area contributed by atoms with E-state index in [2.05, 4.69) is 5.32 Å². The molecule has 0 saturated heterocycles. The highest BCUT2D eigenvalue weighted by Gasteiger charge is 2.23. The number of anilines is 1. The first-order valence-corrected chi connectivity index (χ1v) is 12.0. The Hall–Kier alpha value is -3.81. The van der Waals surface area contributed by atoms with Crippen molar-refractivity contribution in [3.63, 3.8) is 0 Å². The summed E-state index contributed by atoms with van der Waals surface area (Å²) in [5.74, 6) is -1.17. The number of carbonyl (C=O) groups excluding carboxylic acids is 2. The molecule has 0 aliphatic heterocycles. The molecule has 1 N–H and O–H groups in total. The van der Waals surface area contributed by atoms with E-state index in [-0.39, 0.29) is 23.8 Å². The summed E-state index contributed by atoms with van der Waals surface area (Å²) in [7, 11) is 1.29. The summed E-state index contributed by atoms with van der Waals surface area (Å²) in [5, 5.41) is 5.06. The van der Waals surface area contributed by atoms with E-state index in [1.165, 1.54) is 30.6 Å². The maximum Gasteiger partial charge on any atom is 0.341 e. The molecule has 0 spiro atoms. The Bertz CT molecular complexity index is 1230. The molecule has 178 valence electrons. The Kier molecular flexibility index (Phi) is 8.03. The molecule has 0 unspecified atom stereocenters. The third-order valence-corrected chi connectivity index (χ3v) is 6.35. The highest BCUT2D eigenvalue weighted by atomic mass is 32.1. The predicted octanol–water partition coefficient (Wildman–Crippen LogP) is 5.98. The number of nitrogens with zero attached hydrogens (tertiary/aromatic N) is 1. The Labute approximate surface area is 207 Å². The van der Waals surface area contributed by atoms with Crippen molar-refractivity contribution in [2.75, 3.05) is 19.0 Å². The SMILES string of the molecule is COC(=O)c1c(-c2ccc(F)cc2)csc1NC(=O)CN(Cc1ccccc1)Cc1ccccc1. The van der Waals surface area contributed by atoms with Gasteiger partial charge in [-0.05, 0) is 28.8 Å². The van der Waals surface area contributed by atoms with Crippen LogP contribution in [0, 0.1) is 5.82 Å². The average molecular weight is 489 g/mol. The number of ether oxygens (including phenoxy) is 1. The molecule has 0 atom stereocenters. The van der Waals surface area contributed by atoms with E-state index < -0.39 is 5.97 Å². The number of hydrogen-bond donors (Lipinski definition) is 1. The van der Waals surface area contributed by atoms with Gasteiger partial charge in [-0.15, -0.1) is 11.3 Å². The van der Waals surface area contributed by atoms with Crippen molar-refractivity contribution >= 4 is 28.2 Å². The third kappa shape index (κ3) is 6.41. The number of halogens is 1. The van der Waals surface area contributed by atoms with Crippen molar-refractivity contribution in [3.05, 3.63) is 113 Å². The fraction of sp³-hybridized carbons (Fsp3) is 0.143. The summed E-state index contributed by atoms with van der Waals surface area (Å²) in [4.78, 5) is 27.7. The molecule has 0 saturated carbocycles. The number of esters is 1. The lowest BCUT2D eigenvalue weighted by molar-refractivity contribution is -0.117. The van der Waals surface area contributed by atoms with Crippen molar-refractivity contribution in [2.45, 2.75) is 13.1 Å². The van der Waals surface area contributed by atoms with E-state index in [1.807, 2.05) is 65.6 Å². The largest absolute Gasteiger partial charge is 0.465 e. The Morgan fingerprint density at radius 3 is 2.00 bits per heavy atom. The number of benzene rings is 3. The summed E-state index contributed by atoms with van der Waals surface area (Å²) < 4.78 is 18.4. The fourth-order valence-electron chi connectivity index (χ4n) is 3.82. The molecule has 0 fully saturated rings. The molecule has 7 heteroatoms. The van der Waals surface area contributed by atoms with Crippen LogP contribution < -0.4 is 5.32 Å². The Morgan fingerprint density at radius 1 is 0.886 bits per heavy atom. The third-order valence-electron chi connectivity index (χ3n) is 5.45. The van der Waals surface area contributed by atoms with Gasteiger partial charge in [0.1, 0.15) is 16.4 Å². The summed E-state index contributed by atoms with van der Waals surface area (Å²) in [6.45, 7) is 1.32. The first kappa shape index (κ1) is 24.3. The average Bonchev–Trinajstić information content (AvgIpc) is 3.28. The molecule has 0 aliphatic carbocycles. The molecule has 0 radical (unpaired) electrons. The second-order valence-electron chi connectivity index (χ2n) is 8.02. The van der Waals surface area contributed by atoms with Gasteiger partial charge in [0, 0.05) is 24.0 Å². The van der Waals surface area contributed by atoms with Crippen LogP contribution in [0.15, 0.2) is 90.3 Å². The van der Waals surface area contributed by atoms with Crippen LogP contribution in [0.5, 0.6) is 0 Å². The first-order chi connectivity index (χ1) is 17.0. The highest BCUT2D eigenvalue weighted by Crippen LogP contribution is 2.36. The summed E-state index contributed by atoms with van der Waals surface area (Å²) >= 11 is 1.24. The topological polar surface area (TPSA) is 58.6 Å². The molecule has 0 aliphatic rings. The number of hydrogen-bond acceptors (Lipinski definition) is 5. The Morgan fingerprint density at radius 2 is 1.46 bits per heavy atom. The monoisotopic (exact) mass is 488 g/mol. The number of carbonyl (C=O) groups is 2. The van der Waals surface area contributed by atoms with Gasteiger partial charge in [-0.2, -0.15) is 0 Å². The predicted molar refractivity (Wildman–Crippen MR) is 137 cm³/mol. The minimum absolute atomic E-state index is 0.133. The molecular weight excluding hydrogens is 463 g/mol. The smallest absolute Gasteiger partial charge is 0.341 e. The van der Waals surface area contributed by atoms with Gasteiger partial charge in [-0.3, -0.25) is 9.69 Å². The Balaban J connectivity index is 1.54. The molecule has 5 nitrogen and oxygen atoms in total. The van der Waals surface area contributed by atoms with Gasteiger partial charge < -0.3 is 10.1 Å². The van der Waals surface area contributed by atoms with Gasteiger partial charge in [-0.1, -0.05) is 72.8 Å². The molecule has 1 heterocycles. The number of nitrogens with one attached hydrogen (secondary N) is 1. The van der Waals surface area contributed by atoms with Crippen LogP contribution in [0.25, 0.3) is 11.1 Å². The maximum atomic E-state index is 13.4. The van der Waals surface area contributed by atoms with Gasteiger partial charge in [0.15, 0.2) is 0 Å². The van der Waals surface area contributed by atoms with Gasteiger partial charge >= 0.3 is 5.97 Å². The van der Waals surface area contributed by atoms with Crippen LogP contribution in [0.4, 0.5) is 9.39 Å². The zero-order valence-electron chi connectivity index (χ0n) is 19.2. The van der Waals surface area contributed by atoms with Gasteiger partial charge in [0.2, 0.25) is 5.91 Å². The summed E-state index contributed by atoms with van der Waals surface area (Å²) in [6, 6.07) is 25.8. The van der Waals surface area contributed by atoms with Crippen molar-refractivity contribution < 1.29 is 18.7 Å². The number of methoxy groups -OCH3 is 1. The lowest BCUT2D eigenvalue weighted by Crippen LogP contribution is -2.32. The summed E-state index contributed by atoms with van der Waals surface area (Å²) in [6.07, 6.45) is 0. The van der Waals surface area contributed by atoms with E-state index in [0.717, 1.165) is 11.1 Å². The lowest BCUT2D eigenvalue weighted by Gasteiger charge is -2.22. The van der Waals surface area contributed by atoms with Crippen molar-refractivity contribution in [1.82, 2.24) is 4.90 Å². The van der Waals surface area contributed by atoms with Crippen molar-refractivity contribution in [1.29, 1.82) is 0 Å². The standard InChI is InChI=1S/C28H25FN2O3S/c1-34-28(33)26-24(22-12-14-23(29)15-13-22)19-35-27(26)30-25(32)18-31(16-20-8-4-2-5-9-20)17-21-10-6-3-7-11-21/h2-15,19H,16-18H2,1H3,(H,30,32). The van der Waals surface area contributed by atoms with Crippen LogP contribution in [0.3, 0.4) is 0 Å². The minimum atomic E-state index is -0.564. The van der Waals surface area contributed by atoms with E-state index in [0.29, 0.717) is 29.2 Å². The normalized spacial score (nSPS) is 10.8. The molecule has 4 aromatic rings. The van der Waals surface area contributed by atoms with Crippen molar-refractivity contribution in [3.8, 4) is 11.1 Å². The molecule has 4 rings (SSSR count). The van der Waals surface area contributed by atoms with E-state index >= 15 is 0 Å². The van der Waals surface area contributed by atoms with Gasteiger partial charge in [0.05, 0.1) is 13.7 Å². The van der Waals surface area contributed by atoms with Crippen LogP contribution in [0.2, 0.25) is 0 Å². The van der Waals surface area contributed by atoms with Crippen molar-refractivity contribution in [2.24, 2.45) is 0 Å². The molecule has 35 heavy (non-hydrogen) atoms. The molecule has 3 aromatic carbocycles. The minimum Gasteiger partial charge on any atom is -0.465 e. The van der Waals surface area contributed by atoms with Gasteiger partial charge in [0.25, 0.3) is 0 Å². The van der Waals surface area contributed by atoms with E-state index in [1.54, 1.807) is 17.5 Å². The summed E-state index contributed by atoms with van der Waals surface area (Å²) in [5.41, 5.74) is 3.71. The quantitative estimate of drug-likeness (QED) is 0.295. The molecule has 1 aromatic heterocycles. The molecule has 1 amide bonds. The van der Waals surface area contributed by atoms with Crippen LogP contribution in [-0.4, -0.2) is 30.4 Å². The van der Waals surface area contributed by atoms with E-state index in [4.69, 9.17) is 4.74 Å². The van der Waals surface area contributed by atoms with Crippen LogP contribution in [0.1, 0.15) is 21.5 Å². The second-order valence-corrected chi connectivity index (χ2v) is 8.90. The lowest BCUT2D eigenvalue weighted by atomic mass is 10.0. The second kappa shape index (κ2) is 11.6. The fourth-order valence-corrected chi connectivity index (χ4v) is 4.79. The number of thiophene rings is 1. The van der Waals surface area contributed by atoms with Crippen LogP contribution >= 0.6 is 11.3 Å². The zero-order chi connectivity index (χ0) is 24.6.